The number of thioether (sulfide) groups is 1. The Hall–Kier alpha value is -1.75. The zero-order valence-corrected chi connectivity index (χ0v) is 10.7. The lowest BCUT2D eigenvalue weighted by Gasteiger charge is -2.27. The van der Waals surface area contributed by atoms with Gasteiger partial charge < -0.3 is 5.11 Å². The number of carbonyl (C=O) groups is 2. The molecule has 0 radical (unpaired) electrons. The molecule has 1 aromatic carbocycles. The number of nitrogens with zero attached hydrogens (tertiary/aromatic N) is 1. The number of aryl methyl sites for hydroxylation is 1. The van der Waals surface area contributed by atoms with E-state index in [9.17, 15) is 9.59 Å². The molecule has 94 valence electrons. The van der Waals surface area contributed by atoms with Crippen molar-refractivity contribution in [1.29, 1.82) is 0 Å². The lowest BCUT2D eigenvalue weighted by Crippen LogP contribution is -2.37. The molecular weight excluding hydrogens is 250 g/mol. The number of carboxylic acid groups (broad SMARTS) is 1. The molecule has 1 amide bonds. The molecule has 0 saturated carbocycles. The third kappa shape index (κ3) is 2.73. The van der Waals surface area contributed by atoms with Crippen LogP contribution in [0.25, 0.3) is 5.70 Å². The molecule has 4 nitrogen and oxygen atoms in total. The Balaban J connectivity index is 2.33. The Bertz CT molecular complexity index is 507. The second kappa shape index (κ2) is 5.27. The maximum absolute atomic E-state index is 11.8. The van der Waals surface area contributed by atoms with Gasteiger partial charge in [-0.3, -0.25) is 14.5 Å². The number of benzene rings is 1. The van der Waals surface area contributed by atoms with Gasteiger partial charge in [-0.05, 0) is 17.9 Å². The number of aliphatic carboxylic acids is 1. The number of carboxylic acids is 1. The Morgan fingerprint density at radius 1 is 1.39 bits per heavy atom. The highest BCUT2D eigenvalue weighted by atomic mass is 32.2. The molecule has 0 bridgehead atoms. The molecule has 0 spiro atoms. The van der Waals surface area contributed by atoms with Crippen molar-refractivity contribution in [2.24, 2.45) is 0 Å². The van der Waals surface area contributed by atoms with Crippen molar-refractivity contribution in [3.63, 3.8) is 0 Å². The lowest BCUT2D eigenvalue weighted by molar-refractivity contribution is -0.141. The summed E-state index contributed by atoms with van der Waals surface area (Å²) in [4.78, 5) is 23.9. The molecule has 5 heteroatoms. The fourth-order valence-corrected chi connectivity index (χ4v) is 2.53. The second-order valence-electron chi connectivity index (χ2n) is 4.05. The number of amides is 1. The quantitative estimate of drug-likeness (QED) is 0.905. The Morgan fingerprint density at radius 2 is 2.06 bits per heavy atom. The van der Waals surface area contributed by atoms with Crippen molar-refractivity contribution in [1.82, 2.24) is 4.90 Å². The zero-order chi connectivity index (χ0) is 13.1. The first-order valence-electron chi connectivity index (χ1n) is 5.49. The fourth-order valence-electron chi connectivity index (χ4n) is 1.72. The zero-order valence-electron chi connectivity index (χ0n) is 9.92. The van der Waals surface area contributed by atoms with Crippen LogP contribution in [-0.2, 0) is 9.59 Å². The average Bonchev–Trinajstić information content (AvgIpc) is 2.32. The summed E-state index contributed by atoms with van der Waals surface area (Å²) in [5, 5.41) is 10.7. The van der Waals surface area contributed by atoms with Crippen LogP contribution in [-0.4, -0.2) is 34.2 Å². The Labute approximate surface area is 109 Å². The topological polar surface area (TPSA) is 57.6 Å². The summed E-state index contributed by atoms with van der Waals surface area (Å²) in [5.41, 5.74) is 2.65. The maximum atomic E-state index is 11.8. The second-order valence-corrected chi connectivity index (χ2v) is 4.91. The van der Waals surface area contributed by atoms with E-state index in [0.717, 1.165) is 11.1 Å². The van der Waals surface area contributed by atoms with E-state index < -0.39 is 5.97 Å². The van der Waals surface area contributed by atoms with E-state index >= 15 is 0 Å². The monoisotopic (exact) mass is 263 g/mol. The van der Waals surface area contributed by atoms with E-state index in [1.165, 1.54) is 16.7 Å². The minimum Gasteiger partial charge on any atom is -0.480 e. The van der Waals surface area contributed by atoms with Crippen molar-refractivity contribution in [2.45, 2.75) is 6.92 Å². The number of hydrogen-bond acceptors (Lipinski definition) is 3. The minimum absolute atomic E-state index is 0.166. The highest BCUT2D eigenvalue weighted by Gasteiger charge is 2.25. The molecular formula is C13H13NO3S. The van der Waals surface area contributed by atoms with Crippen LogP contribution in [0.4, 0.5) is 0 Å². The molecule has 1 aromatic rings. The summed E-state index contributed by atoms with van der Waals surface area (Å²) >= 11 is 1.39. The van der Waals surface area contributed by atoms with Crippen LogP contribution in [0.5, 0.6) is 0 Å². The van der Waals surface area contributed by atoms with Gasteiger partial charge in [0.15, 0.2) is 0 Å². The predicted octanol–water partition coefficient (Wildman–Crippen LogP) is 1.95. The summed E-state index contributed by atoms with van der Waals surface area (Å²) in [6, 6.07) is 7.68. The van der Waals surface area contributed by atoms with E-state index in [0.29, 0.717) is 11.4 Å². The smallest absolute Gasteiger partial charge is 0.323 e. The summed E-state index contributed by atoms with van der Waals surface area (Å²) in [6.07, 6.45) is 0. The normalized spacial score (nSPS) is 15.5. The van der Waals surface area contributed by atoms with Crippen LogP contribution < -0.4 is 0 Å². The van der Waals surface area contributed by atoms with Crippen molar-refractivity contribution >= 4 is 29.3 Å². The van der Waals surface area contributed by atoms with Crippen molar-refractivity contribution < 1.29 is 14.7 Å². The number of carbonyl (C=O) groups excluding carboxylic acids is 1. The molecule has 1 aliphatic heterocycles. The number of rotatable bonds is 3. The summed E-state index contributed by atoms with van der Waals surface area (Å²) < 4.78 is 0. The van der Waals surface area contributed by atoms with E-state index in [1.54, 1.807) is 0 Å². The molecule has 2 rings (SSSR count). The van der Waals surface area contributed by atoms with Gasteiger partial charge in [0.2, 0.25) is 5.91 Å². The van der Waals surface area contributed by atoms with E-state index in [4.69, 9.17) is 5.11 Å². The van der Waals surface area contributed by atoms with E-state index in [-0.39, 0.29) is 12.5 Å². The van der Waals surface area contributed by atoms with Crippen LogP contribution in [0.1, 0.15) is 11.1 Å². The van der Waals surface area contributed by atoms with Gasteiger partial charge in [0.1, 0.15) is 6.54 Å². The predicted molar refractivity (Wildman–Crippen MR) is 71.0 cm³/mol. The Morgan fingerprint density at radius 3 is 2.67 bits per heavy atom. The van der Waals surface area contributed by atoms with E-state index in [2.05, 4.69) is 0 Å². The molecule has 1 N–H and O–H groups in total. The largest absolute Gasteiger partial charge is 0.480 e. The van der Waals surface area contributed by atoms with E-state index in [1.807, 2.05) is 36.6 Å². The van der Waals surface area contributed by atoms with Gasteiger partial charge in [0.25, 0.3) is 0 Å². The first-order valence-corrected chi connectivity index (χ1v) is 6.54. The molecule has 0 fully saturated rings. The van der Waals surface area contributed by atoms with Crippen LogP contribution in [0.2, 0.25) is 0 Å². The Kier molecular flexibility index (Phi) is 3.72. The van der Waals surface area contributed by atoms with Crippen molar-refractivity contribution in [3.8, 4) is 0 Å². The van der Waals surface area contributed by atoms with Crippen LogP contribution >= 0.6 is 11.8 Å². The van der Waals surface area contributed by atoms with Gasteiger partial charge in [-0.25, -0.2) is 0 Å². The summed E-state index contributed by atoms with van der Waals surface area (Å²) in [5.74, 6) is -0.878. The third-order valence-electron chi connectivity index (χ3n) is 2.63. The molecule has 0 aromatic heterocycles. The maximum Gasteiger partial charge on any atom is 0.323 e. The van der Waals surface area contributed by atoms with Gasteiger partial charge in [-0.15, -0.1) is 11.8 Å². The molecule has 18 heavy (non-hydrogen) atoms. The number of hydrogen-bond donors (Lipinski definition) is 1. The molecule has 1 aliphatic rings. The highest BCUT2D eigenvalue weighted by Crippen LogP contribution is 2.28. The molecule has 0 unspecified atom stereocenters. The van der Waals surface area contributed by atoms with Gasteiger partial charge in [0.05, 0.1) is 11.4 Å². The van der Waals surface area contributed by atoms with Gasteiger partial charge in [-0.1, -0.05) is 29.8 Å². The van der Waals surface area contributed by atoms with Crippen LogP contribution in [0, 0.1) is 6.92 Å². The van der Waals surface area contributed by atoms with Crippen molar-refractivity contribution in [3.05, 3.63) is 40.8 Å². The first kappa shape index (κ1) is 12.7. The van der Waals surface area contributed by atoms with Crippen molar-refractivity contribution in [2.75, 3.05) is 12.3 Å². The standard InChI is InChI=1S/C13H13NO3S/c1-9-2-4-10(5-3-9)11-7-18-8-12(15)14(11)6-13(16)17/h2-5,7H,6,8H2,1H3,(H,16,17). The highest BCUT2D eigenvalue weighted by molar-refractivity contribution is 8.03. The van der Waals surface area contributed by atoms with Gasteiger partial charge in [-0.2, -0.15) is 0 Å². The minimum atomic E-state index is -1.01. The molecule has 0 saturated heterocycles. The summed E-state index contributed by atoms with van der Waals surface area (Å²) in [7, 11) is 0. The first-order chi connectivity index (χ1) is 8.58. The van der Waals surface area contributed by atoms with Gasteiger partial charge in [0, 0.05) is 0 Å². The third-order valence-corrected chi connectivity index (χ3v) is 3.44. The molecule has 0 aliphatic carbocycles. The van der Waals surface area contributed by atoms with Crippen LogP contribution in [0.3, 0.4) is 0 Å². The molecule has 0 atom stereocenters. The van der Waals surface area contributed by atoms with Crippen LogP contribution in [0.15, 0.2) is 29.7 Å². The van der Waals surface area contributed by atoms with Gasteiger partial charge >= 0.3 is 5.97 Å². The lowest BCUT2D eigenvalue weighted by atomic mass is 10.1. The average molecular weight is 263 g/mol. The fraction of sp³-hybridized carbons (Fsp3) is 0.231. The molecule has 1 heterocycles. The SMILES string of the molecule is Cc1ccc(C2=CSCC(=O)N2CC(=O)O)cc1. The summed E-state index contributed by atoms with van der Waals surface area (Å²) in [6.45, 7) is 1.69.